The van der Waals surface area contributed by atoms with E-state index in [-0.39, 0.29) is 6.79 Å². The third-order valence-electron chi connectivity index (χ3n) is 2.05. The Labute approximate surface area is 81.9 Å². The summed E-state index contributed by atoms with van der Waals surface area (Å²) in [5.74, 6) is 1.34. The minimum Gasteiger partial charge on any atom is -0.454 e. The summed E-state index contributed by atoms with van der Waals surface area (Å²) in [5, 5.41) is 0. The molecular formula is C11H10O3. The van der Waals surface area contributed by atoms with Crippen LogP contribution in [0.1, 0.15) is 22.8 Å². The summed E-state index contributed by atoms with van der Waals surface area (Å²) in [4.78, 5) is 10.8. The number of hydrogen-bond acceptors (Lipinski definition) is 3. The summed E-state index contributed by atoms with van der Waals surface area (Å²) in [5.41, 5.74) is 1.47. The van der Waals surface area contributed by atoms with Crippen molar-refractivity contribution in [3.05, 3.63) is 29.3 Å². The van der Waals surface area contributed by atoms with Crippen LogP contribution in [0.4, 0.5) is 0 Å². The molecule has 0 bridgehead atoms. The average Bonchev–Trinajstić information content (AvgIpc) is 2.64. The number of carbonyl (C=O) groups excluding carboxylic acids is 1. The van der Waals surface area contributed by atoms with E-state index in [1.54, 1.807) is 6.07 Å². The number of benzene rings is 1. The van der Waals surface area contributed by atoms with E-state index >= 15 is 0 Å². The minimum absolute atomic E-state index is 0.229. The summed E-state index contributed by atoms with van der Waals surface area (Å²) in [6.07, 6.45) is 4.56. The van der Waals surface area contributed by atoms with Crippen LogP contribution in [0, 0.1) is 0 Å². The van der Waals surface area contributed by atoms with Gasteiger partial charge in [0.2, 0.25) is 6.79 Å². The van der Waals surface area contributed by atoms with Crippen LogP contribution in [0.25, 0.3) is 6.08 Å². The van der Waals surface area contributed by atoms with E-state index < -0.39 is 0 Å². The van der Waals surface area contributed by atoms with Gasteiger partial charge in [-0.3, -0.25) is 4.79 Å². The Kier molecular flexibility index (Phi) is 2.23. The van der Waals surface area contributed by atoms with Gasteiger partial charge in [0.15, 0.2) is 17.8 Å². The van der Waals surface area contributed by atoms with E-state index in [1.807, 2.05) is 25.1 Å². The minimum atomic E-state index is 0.229. The molecule has 0 atom stereocenters. The van der Waals surface area contributed by atoms with Gasteiger partial charge in [0.25, 0.3) is 0 Å². The Hall–Kier alpha value is -1.77. The monoisotopic (exact) mass is 190 g/mol. The standard InChI is InChI=1S/C11H10O3/c1-2-3-8-4-10-11(14-7-13-10)5-9(8)6-12/h2-6H,7H2,1H3/b3-2-. The maximum absolute atomic E-state index is 10.8. The number of aldehydes is 1. The molecule has 1 aliphatic heterocycles. The summed E-state index contributed by atoms with van der Waals surface area (Å²) < 4.78 is 10.4. The summed E-state index contributed by atoms with van der Waals surface area (Å²) in [7, 11) is 0. The number of carbonyl (C=O) groups is 1. The molecular weight excluding hydrogens is 180 g/mol. The smallest absolute Gasteiger partial charge is 0.231 e. The molecule has 0 unspecified atom stereocenters. The molecule has 72 valence electrons. The third kappa shape index (κ3) is 1.37. The largest absolute Gasteiger partial charge is 0.454 e. The fourth-order valence-electron chi connectivity index (χ4n) is 1.40. The molecule has 0 aromatic heterocycles. The van der Waals surface area contributed by atoms with Crippen molar-refractivity contribution in [2.24, 2.45) is 0 Å². The van der Waals surface area contributed by atoms with Gasteiger partial charge in [-0.05, 0) is 24.6 Å². The van der Waals surface area contributed by atoms with Crippen LogP contribution in [0.15, 0.2) is 18.2 Å². The molecule has 0 saturated carbocycles. The molecule has 0 radical (unpaired) electrons. The van der Waals surface area contributed by atoms with Crippen LogP contribution in [0.2, 0.25) is 0 Å². The Bertz CT molecular complexity index is 394. The molecule has 1 heterocycles. The number of ether oxygens (including phenoxy) is 2. The molecule has 0 aliphatic carbocycles. The van der Waals surface area contributed by atoms with Crippen LogP contribution >= 0.6 is 0 Å². The lowest BCUT2D eigenvalue weighted by Gasteiger charge is -2.01. The third-order valence-corrected chi connectivity index (χ3v) is 2.05. The zero-order valence-corrected chi connectivity index (χ0v) is 7.82. The quantitative estimate of drug-likeness (QED) is 0.671. The summed E-state index contributed by atoms with van der Waals surface area (Å²) >= 11 is 0. The Morgan fingerprint density at radius 1 is 1.21 bits per heavy atom. The molecule has 2 rings (SSSR count). The van der Waals surface area contributed by atoms with Gasteiger partial charge in [0, 0.05) is 5.56 Å². The number of hydrogen-bond donors (Lipinski definition) is 0. The van der Waals surface area contributed by atoms with Gasteiger partial charge in [0.1, 0.15) is 0 Å². The first-order chi connectivity index (χ1) is 6.85. The Morgan fingerprint density at radius 3 is 2.43 bits per heavy atom. The highest BCUT2D eigenvalue weighted by Crippen LogP contribution is 2.34. The van der Waals surface area contributed by atoms with E-state index in [1.165, 1.54) is 0 Å². The van der Waals surface area contributed by atoms with Crippen molar-refractivity contribution < 1.29 is 14.3 Å². The fourth-order valence-corrected chi connectivity index (χ4v) is 1.40. The molecule has 0 fully saturated rings. The van der Waals surface area contributed by atoms with E-state index in [0.717, 1.165) is 11.8 Å². The van der Waals surface area contributed by atoms with Crippen LogP contribution in [0.5, 0.6) is 11.5 Å². The fraction of sp³-hybridized carbons (Fsp3) is 0.182. The maximum Gasteiger partial charge on any atom is 0.231 e. The first kappa shape index (κ1) is 8.81. The van der Waals surface area contributed by atoms with Crippen LogP contribution < -0.4 is 9.47 Å². The predicted molar refractivity (Wildman–Crippen MR) is 52.7 cm³/mol. The van der Waals surface area contributed by atoms with Crippen LogP contribution in [-0.2, 0) is 0 Å². The molecule has 1 aromatic carbocycles. The molecule has 1 aromatic rings. The van der Waals surface area contributed by atoms with Gasteiger partial charge in [-0.2, -0.15) is 0 Å². The first-order valence-corrected chi connectivity index (χ1v) is 4.36. The van der Waals surface area contributed by atoms with Crippen molar-refractivity contribution in [1.82, 2.24) is 0 Å². The van der Waals surface area contributed by atoms with Crippen molar-refractivity contribution in [3.8, 4) is 11.5 Å². The highest BCUT2D eigenvalue weighted by molar-refractivity contribution is 5.83. The van der Waals surface area contributed by atoms with Gasteiger partial charge in [-0.25, -0.2) is 0 Å². The van der Waals surface area contributed by atoms with Gasteiger partial charge in [-0.1, -0.05) is 12.2 Å². The van der Waals surface area contributed by atoms with Crippen molar-refractivity contribution in [2.45, 2.75) is 6.92 Å². The summed E-state index contributed by atoms with van der Waals surface area (Å²) in [6, 6.07) is 3.51. The lowest BCUT2D eigenvalue weighted by Crippen LogP contribution is -1.92. The second kappa shape index (κ2) is 3.54. The average molecular weight is 190 g/mol. The first-order valence-electron chi connectivity index (χ1n) is 4.36. The molecule has 0 saturated heterocycles. The molecule has 0 amide bonds. The normalized spacial score (nSPS) is 13.5. The molecule has 0 spiro atoms. The van der Waals surface area contributed by atoms with Crippen LogP contribution in [0.3, 0.4) is 0 Å². The highest BCUT2D eigenvalue weighted by atomic mass is 16.7. The van der Waals surface area contributed by atoms with E-state index in [9.17, 15) is 4.79 Å². The lowest BCUT2D eigenvalue weighted by atomic mass is 10.1. The number of allylic oxidation sites excluding steroid dienone is 1. The number of fused-ring (bicyclic) bond motifs is 1. The SMILES string of the molecule is C/C=C\c1cc2c(cc1C=O)OCO2. The molecule has 14 heavy (non-hydrogen) atoms. The van der Waals surface area contributed by atoms with E-state index in [4.69, 9.17) is 9.47 Å². The molecule has 3 nitrogen and oxygen atoms in total. The van der Waals surface area contributed by atoms with Crippen molar-refractivity contribution in [1.29, 1.82) is 0 Å². The Balaban J connectivity index is 2.54. The molecule has 0 N–H and O–H groups in total. The lowest BCUT2D eigenvalue weighted by molar-refractivity contribution is 0.112. The highest BCUT2D eigenvalue weighted by Gasteiger charge is 2.15. The van der Waals surface area contributed by atoms with Crippen LogP contribution in [-0.4, -0.2) is 13.1 Å². The van der Waals surface area contributed by atoms with Gasteiger partial charge < -0.3 is 9.47 Å². The van der Waals surface area contributed by atoms with Gasteiger partial charge in [0.05, 0.1) is 0 Å². The van der Waals surface area contributed by atoms with E-state index in [2.05, 4.69) is 0 Å². The van der Waals surface area contributed by atoms with Gasteiger partial charge in [-0.15, -0.1) is 0 Å². The Morgan fingerprint density at radius 2 is 1.86 bits per heavy atom. The zero-order valence-electron chi connectivity index (χ0n) is 7.82. The van der Waals surface area contributed by atoms with Crippen molar-refractivity contribution >= 4 is 12.4 Å². The zero-order chi connectivity index (χ0) is 9.97. The molecule has 1 aliphatic rings. The molecule has 3 heteroatoms. The second-order valence-corrected chi connectivity index (χ2v) is 2.95. The van der Waals surface area contributed by atoms with Crippen molar-refractivity contribution in [3.63, 3.8) is 0 Å². The topological polar surface area (TPSA) is 35.5 Å². The predicted octanol–water partition coefficient (Wildman–Crippen LogP) is 2.26. The van der Waals surface area contributed by atoms with E-state index in [0.29, 0.717) is 17.1 Å². The second-order valence-electron chi connectivity index (χ2n) is 2.95. The summed E-state index contributed by atoms with van der Waals surface area (Å²) in [6.45, 7) is 2.13. The van der Waals surface area contributed by atoms with Gasteiger partial charge >= 0.3 is 0 Å². The number of rotatable bonds is 2. The van der Waals surface area contributed by atoms with Crippen molar-refractivity contribution in [2.75, 3.05) is 6.79 Å². The maximum atomic E-state index is 10.8.